The normalized spacial score (nSPS) is 17.2. The molecule has 0 radical (unpaired) electrons. The van der Waals surface area contributed by atoms with Crippen LogP contribution in [0.25, 0.3) is 0 Å². The molecular weight excluding hydrogens is 375 g/mol. The first-order chi connectivity index (χ1) is 11.5. The summed E-state index contributed by atoms with van der Waals surface area (Å²) in [6.07, 6.45) is 1.21. The molecule has 1 fully saturated rings. The molecule has 1 aliphatic rings. The van der Waals surface area contributed by atoms with Crippen LogP contribution in [0.3, 0.4) is 0 Å². The molecule has 2 aromatic carbocycles. The van der Waals surface area contributed by atoms with Gasteiger partial charge in [0.15, 0.2) is 0 Å². The van der Waals surface area contributed by atoms with Crippen molar-refractivity contribution in [2.45, 2.75) is 25.4 Å². The Morgan fingerprint density at radius 3 is 2.58 bits per heavy atom. The van der Waals surface area contributed by atoms with Crippen LogP contribution in [0.4, 0.5) is 9.18 Å². The monoisotopic (exact) mass is 390 g/mol. The molecule has 3 rings (SSSR count). The van der Waals surface area contributed by atoms with E-state index in [-0.39, 0.29) is 12.5 Å². The summed E-state index contributed by atoms with van der Waals surface area (Å²) >= 11 is 3.19. The van der Waals surface area contributed by atoms with Gasteiger partial charge in [0.1, 0.15) is 11.9 Å². The van der Waals surface area contributed by atoms with Crippen LogP contribution in [0.15, 0.2) is 53.0 Å². The maximum Gasteiger partial charge on any atom is 0.325 e. The third-order valence-electron chi connectivity index (χ3n) is 4.02. The minimum Gasteiger partial charge on any atom is -0.326 e. The molecule has 0 saturated carbocycles. The van der Waals surface area contributed by atoms with E-state index in [1.807, 2.05) is 30.3 Å². The number of urea groups is 1. The number of carbonyl (C=O) groups is 2. The van der Waals surface area contributed by atoms with E-state index in [0.29, 0.717) is 22.9 Å². The van der Waals surface area contributed by atoms with Crippen molar-refractivity contribution in [3.63, 3.8) is 0 Å². The lowest BCUT2D eigenvalue weighted by Crippen LogP contribution is -2.31. The number of amides is 3. The molecule has 1 heterocycles. The number of benzene rings is 2. The second-order valence-electron chi connectivity index (χ2n) is 5.69. The van der Waals surface area contributed by atoms with Crippen LogP contribution in [-0.2, 0) is 17.8 Å². The van der Waals surface area contributed by atoms with E-state index in [1.165, 1.54) is 6.07 Å². The molecule has 1 atom stereocenters. The van der Waals surface area contributed by atoms with E-state index in [9.17, 15) is 14.0 Å². The quantitative estimate of drug-likeness (QED) is 0.792. The summed E-state index contributed by atoms with van der Waals surface area (Å²) in [7, 11) is 0. The van der Waals surface area contributed by atoms with Crippen molar-refractivity contribution in [3.05, 3.63) is 69.9 Å². The van der Waals surface area contributed by atoms with Crippen LogP contribution in [-0.4, -0.2) is 22.9 Å². The molecule has 0 spiro atoms. The van der Waals surface area contributed by atoms with Gasteiger partial charge in [-0.2, -0.15) is 0 Å². The smallest absolute Gasteiger partial charge is 0.325 e. The first-order valence-electron chi connectivity index (χ1n) is 7.64. The molecule has 0 aromatic heterocycles. The van der Waals surface area contributed by atoms with Gasteiger partial charge in [-0.25, -0.2) is 9.18 Å². The number of nitrogens with zero attached hydrogens (tertiary/aromatic N) is 1. The minimum atomic E-state index is -0.559. The Morgan fingerprint density at radius 1 is 1.12 bits per heavy atom. The maximum absolute atomic E-state index is 13.9. The van der Waals surface area contributed by atoms with Crippen molar-refractivity contribution in [1.82, 2.24) is 10.2 Å². The van der Waals surface area contributed by atoms with Gasteiger partial charge in [-0.05, 0) is 30.5 Å². The van der Waals surface area contributed by atoms with Crippen molar-refractivity contribution in [2.75, 3.05) is 0 Å². The molecule has 124 valence electrons. The zero-order chi connectivity index (χ0) is 17.1. The van der Waals surface area contributed by atoms with Gasteiger partial charge in [-0.15, -0.1) is 0 Å². The molecule has 1 aliphatic heterocycles. The summed E-state index contributed by atoms with van der Waals surface area (Å²) in [5, 5.41) is 2.68. The average Bonchev–Trinajstić information content (AvgIpc) is 2.83. The number of imide groups is 1. The zero-order valence-electron chi connectivity index (χ0n) is 12.8. The van der Waals surface area contributed by atoms with Gasteiger partial charge in [0, 0.05) is 10.0 Å². The van der Waals surface area contributed by atoms with E-state index < -0.39 is 17.9 Å². The Kier molecular flexibility index (Phi) is 4.94. The molecule has 3 amide bonds. The third kappa shape index (κ3) is 3.64. The van der Waals surface area contributed by atoms with Gasteiger partial charge >= 0.3 is 6.03 Å². The van der Waals surface area contributed by atoms with E-state index >= 15 is 0 Å². The predicted molar refractivity (Wildman–Crippen MR) is 91.7 cm³/mol. The Morgan fingerprint density at radius 2 is 1.88 bits per heavy atom. The van der Waals surface area contributed by atoms with E-state index in [0.717, 1.165) is 10.5 Å². The highest BCUT2D eigenvalue weighted by atomic mass is 79.9. The van der Waals surface area contributed by atoms with Crippen molar-refractivity contribution in [1.29, 1.82) is 0 Å². The first-order valence-corrected chi connectivity index (χ1v) is 8.43. The van der Waals surface area contributed by atoms with Gasteiger partial charge in [-0.1, -0.05) is 52.3 Å². The minimum absolute atomic E-state index is 0.0639. The van der Waals surface area contributed by atoms with Crippen LogP contribution in [0.1, 0.15) is 17.5 Å². The molecule has 24 heavy (non-hydrogen) atoms. The Bertz CT molecular complexity index is 767. The molecule has 1 N–H and O–H groups in total. The van der Waals surface area contributed by atoms with Crippen molar-refractivity contribution in [2.24, 2.45) is 0 Å². The molecule has 6 heteroatoms. The standard InChI is InChI=1S/C18H16BrFN2O2/c19-14-8-7-13(15(20)10-14)11-22-17(23)16(21-18(22)24)9-6-12-4-2-1-3-5-12/h1-5,7-8,10,16H,6,9,11H2,(H,21,24)/t16-/m0/s1. The number of hydrogen-bond donors (Lipinski definition) is 1. The number of aryl methyl sites for hydroxylation is 1. The van der Waals surface area contributed by atoms with E-state index in [1.54, 1.807) is 12.1 Å². The molecule has 0 bridgehead atoms. The second-order valence-corrected chi connectivity index (χ2v) is 6.60. The Hall–Kier alpha value is -2.21. The van der Waals surface area contributed by atoms with Gasteiger partial charge in [-0.3, -0.25) is 9.69 Å². The maximum atomic E-state index is 13.9. The summed E-state index contributed by atoms with van der Waals surface area (Å²) in [6.45, 7) is -0.0639. The summed E-state index contributed by atoms with van der Waals surface area (Å²) in [5.41, 5.74) is 1.42. The van der Waals surface area contributed by atoms with Gasteiger partial charge in [0.2, 0.25) is 0 Å². The molecule has 1 saturated heterocycles. The van der Waals surface area contributed by atoms with E-state index in [2.05, 4.69) is 21.2 Å². The number of halogens is 2. The molecule has 0 unspecified atom stereocenters. The predicted octanol–water partition coefficient (Wildman–Crippen LogP) is 3.64. The number of rotatable bonds is 5. The Balaban J connectivity index is 1.65. The van der Waals surface area contributed by atoms with Gasteiger partial charge < -0.3 is 5.32 Å². The fourth-order valence-electron chi connectivity index (χ4n) is 2.70. The number of hydrogen-bond acceptors (Lipinski definition) is 2. The summed E-state index contributed by atoms with van der Waals surface area (Å²) in [4.78, 5) is 25.6. The fourth-order valence-corrected chi connectivity index (χ4v) is 3.03. The highest BCUT2D eigenvalue weighted by Crippen LogP contribution is 2.20. The third-order valence-corrected chi connectivity index (χ3v) is 4.51. The zero-order valence-corrected chi connectivity index (χ0v) is 14.4. The van der Waals surface area contributed by atoms with Crippen molar-refractivity contribution >= 4 is 27.9 Å². The molecule has 0 aliphatic carbocycles. The highest BCUT2D eigenvalue weighted by molar-refractivity contribution is 9.10. The lowest BCUT2D eigenvalue weighted by Gasteiger charge is -2.14. The molecule has 2 aromatic rings. The van der Waals surface area contributed by atoms with Crippen molar-refractivity contribution < 1.29 is 14.0 Å². The van der Waals surface area contributed by atoms with Gasteiger partial charge in [0.25, 0.3) is 5.91 Å². The van der Waals surface area contributed by atoms with Crippen LogP contribution < -0.4 is 5.32 Å². The molecular formula is C18H16BrFN2O2. The number of nitrogens with one attached hydrogen (secondary N) is 1. The average molecular weight is 391 g/mol. The number of carbonyl (C=O) groups excluding carboxylic acids is 2. The lowest BCUT2D eigenvalue weighted by molar-refractivity contribution is -0.128. The van der Waals surface area contributed by atoms with Crippen LogP contribution in [0.5, 0.6) is 0 Å². The fraction of sp³-hybridized carbons (Fsp3) is 0.222. The topological polar surface area (TPSA) is 49.4 Å². The largest absolute Gasteiger partial charge is 0.326 e. The highest BCUT2D eigenvalue weighted by Gasteiger charge is 2.37. The van der Waals surface area contributed by atoms with Gasteiger partial charge in [0.05, 0.1) is 6.54 Å². The summed E-state index contributed by atoms with van der Waals surface area (Å²) in [6, 6.07) is 13.3. The SMILES string of the molecule is O=C1N[C@@H](CCc2ccccc2)C(=O)N1Cc1ccc(Br)cc1F. The van der Waals surface area contributed by atoms with Crippen LogP contribution in [0, 0.1) is 5.82 Å². The van der Waals surface area contributed by atoms with Crippen molar-refractivity contribution in [3.8, 4) is 0 Å². The molecule has 4 nitrogen and oxygen atoms in total. The van der Waals surface area contributed by atoms with Crippen LogP contribution >= 0.6 is 15.9 Å². The van der Waals surface area contributed by atoms with E-state index in [4.69, 9.17) is 0 Å². The lowest BCUT2D eigenvalue weighted by atomic mass is 10.1. The first kappa shape index (κ1) is 16.6. The second kappa shape index (κ2) is 7.13. The van der Waals surface area contributed by atoms with Crippen LogP contribution in [0.2, 0.25) is 0 Å². The Labute approximate surface area is 147 Å². The summed E-state index contributed by atoms with van der Waals surface area (Å²) in [5.74, 6) is -0.754. The summed E-state index contributed by atoms with van der Waals surface area (Å²) < 4.78 is 14.5.